The monoisotopic (exact) mass is 177 g/mol. The molecule has 70 valence electrons. The number of hydrogen-bond acceptors (Lipinski definition) is 2. The van der Waals surface area contributed by atoms with Gasteiger partial charge in [-0.3, -0.25) is 0 Å². The van der Waals surface area contributed by atoms with Crippen molar-refractivity contribution in [1.29, 1.82) is 0 Å². The van der Waals surface area contributed by atoms with Crippen LogP contribution in [0, 0.1) is 0 Å². The van der Waals surface area contributed by atoms with Crippen LogP contribution in [0.1, 0.15) is 13.3 Å². The summed E-state index contributed by atoms with van der Waals surface area (Å²) in [5.74, 6) is 0.857. The molecular weight excluding hydrogens is 162 g/mol. The van der Waals surface area contributed by atoms with Crippen molar-refractivity contribution < 1.29 is 4.74 Å². The summed E-state index contributed by atoms with van der Waals surface area (Å²) in [4.78, 5) is 0. The summed E-state index contributed by atoms with van der Waals surface area (Å²) in [5, 5.41) is 0. The second-order valence-electron chi connectivity index (χ2n) is 3.12. The third-order valence-corrected chi connectivity index (χ3v) is 1.68. The van der Waals surface area contributed by atoms with E-state index in [9.17, 15) is 0 Å². The molecule has 2 heteroatoms. The van der Waals surface area contributed by atoms with Gasteiger partial charge in [0.1, 0.15) is 5.75 Å². The van der Waals surface area contributed by atoms with Crippen LogP contribution >= 0.6 is 0 Å². The van der Waals surface area contributed by atoms with Gasteiger partial charge in [0, 0.05) is 12.1 Å². The lowest BCUT2D eigenvalue weighted by Crippen LogP contribution is -1.97. The first kappa shape index (κ1) is 9.65. The highest BCUT2D eigenvalue weighted by Crippen LogP contribution is 2.13. The van der Waals surface area contributed by atoms with Gasteiger partial charge in [-0.2, -0.15) is 0 Å². The molecule has 0 spiro atoms. The summed E-state index contributed by atoms with van der Waals surface area (Å²) < 4.78 is 5.46. The fraction of sp³-hybridized carbons (Fsp3) is 0.273. The van der Waals surface area contributed by atoms with Crippen molar-refractivity contribution in [2.24, 2.45) is 0 Å². The topological polar surface area (TPSA) is 35.2 Å². The molecule has 0 fully saturated rings. The third-order valence-electron chi connectivity index (χ3n) is 1.68. The Bertz CT molecular complexity index is 277. The molecular formula is C11H15NO. The zero-order chi connectivity index (χ0) is 9.68. The Hall–Kier alpha value is -1.44. The first-order valence-corrected chi connectivity index (χ1v) is 4.31. The van der Waals surface area contributed by atoms with Crippen molar-refractivity contribution in [3.05, 3.63) is 36.4 Å². The molecule has 0 aliphatic rings. The normalized spacial score (nSPS) is 9.62. The Labute approximate surface area is 79.0 Å². The molecule has 0 radical (unpaired) electrons. The maximum atomic E-state index is 5.53. The predicted molar refractivity (Wildman–Crippen MR) is 55.8 cm³/mol. The van der Waals surface area contributed by atoms with Crippen molar-refractivity contribution in [3.8, 4) is 5.75 Å². The van der Waals surface area contributed by atoms with Gasteiger partial charge in [0.05, 0.1) is 6.61 Å². The molecule has 13 heavy (non-hydrogen) atoms. The largest absolute Gasteiger partial charge is 0.493 e. The lowest BCUT2D eigenvalue weighted by atomic mass is 10.2. The number of ether oxygens (including phenoxy) is 1. The quantitative estimate of drug-likeness (QED) is 0.566. The standard InChI is InChI=1S/C11H15NO/c1-9(2)7-8-13-11-5-3-10(12)4-6-11/h3-6H,1,7-8,12H2,2H3. The fourth-order valence-corrected chi connectivity index (χ4v) is 0.907. The van der Waals surface area contributed by atoms with Gasteiger partial charge in [-0.25, -0.2) is 0 Å². The molecule has 0 aliphatic carbocycles. The van der Waals surface area contributed by atoms with E-state index in [0.717, 1.165) is 23.4 Å². The van der Waals surface area contributed by atoms with Crippen LogP contribution in [-0.4, -0.2) is 6.61 Å². The van der Waals surface area contributed by atoms with E-state index < -0.39 is 0 Å². The average molecular weight is 177 g/mol. The highest BCUT2D eigenvalue weighted by molar-refractivity contribution is 5.41. The number of benzene rings is 1. The summed E-state index contributed by atoms with van der Waals surface area (Å²) in [5.41, 5.74) is 7.43. The fourth-order valence-electron chi connectivity index (χ4n) is 0.907. The molecule has 1 aromatic rings. The first-order valence-electron chi connectivity index (χ1n) is 4.31. The second kappa shape index (κ2) is 4.55. The molecule has 0 aromatic heterocycles. The summed E-state index contributed by atoms with van der Waals surface area (Å²) in [7, 11) is 0. The number of anilines is 1. The summed E-state index contributed by atoms with van der Waals surface area (Å²) in [6, 6.07) is 7.40. The van der Waals surface area contributed by atoms with Crippen LogP contribution in [0.4, 0.5) is 5.69 Å². The molecule has 0 bridgehead atoms. The Morgan fingerprint density at radius 1 is 1.38 bits per heavy atom. The highest BCUT2D eigenvalue weighted by Gasteiger charge is 1.92. The van der Waals surface area contributed by atoms with Crippen molar-refractivity contribution in [3.63, 3.8) is 0 Å². The minimum absolute atomic E-state index is 0.680. The lowest BCUT2D eigenvalue weighted by molar-refractivity contribution is 0.322. The molecule has 0 amide bonds. The van der Waals surface area contributed by atoms with E-state index in [-0.39, 0.29) is 0 Å². The molecule has 2 N–H and O–H groups in total. The number of nitrogens with two attached hydrogens (primary N) is 1. The van der Waals surface area contributed by atoms with Crippen molar-refractivity contribution >= 4 is 5.69 Å². The van der Waals surface area contributed by atoms with Gasteiger partial charge in [-0.15, -0.1) is 6.58 Å². The Balaban J connectivity index is 2.37. The van der Waals surface area contributed by atoms with E-state index >= 15 is 0 Å². The van der Waals surface area contributed by atoms with E-state index in [1.165, 1.54) is 0 Å². The van der Waals surface area contributed by atoms with Gasteiger partial charge in [-0.05, 0) is 31.2 Å². The maximum Gasteiger partial charge on any atom is 0.119 e. The zero-order valence-electron chi connectivity index (χ0n) is 7.92. The molecule has 1 rings (SSSR count). The van der Waals surface area contributed by atoms with Crippen molar-refractivity contribution in [2.75, 3.05) is 12.3 Å². The predicted octanol–water partition coefficient (Wildman–Crippen LogP) is 2.61. The third kappa shape index (κ3) is 3.65. The van der Waals surface area contributed by atoms with E-state index in [4.69, 9.17) is 10.5 Å². The summed E-state index contributed by atoms with van der Waals surface area (Å²) in [6.07, 6.45) is 0.893. The van der Waals surface area contributed by atoms with Crippen molar-refractivity contribution in [1.82, 2.24) is 0 Å². The van der Waals surface area contributed by atoms with E-state index in [0.29, 0.717) is 6.61 Å². The van der Waals surface area contributed by atoms with Gasteiger partial charge < -0.3 is 10.5 Å². The van der Waals surface area contributed by atoms with Gasteiger partial charge in [0.2, 0.25) is 0 Å². The average Bonchev–Trinajstić information content (AvgIpc) is 2.08. The Kier molecular flexibility index (Phi) is 3.38. The van der Waals surface area contributed by atoms with Gasteiger partial charge in [-0.1, -0.05) is 5.57 Å². The van der Waals surface area contributed by atoms with Crippen LogP contribution in [0.2, 0.25) is 0 Å². The number of nitrogen functional groups attached to an aromatic ring is 1. The van der Waals surface area contributed by atoms with Crippen LogP contribution in [0.15, 0.2) is 36.4 Å². The summed E-state index contributed by atoms with van der Waals surface area (Å²) >= 11 is 0. The molecule has 0 heterocycles. The highest BCUT2D eigenvalue weighted by atomic mass is 16.5. The number of hydrogen-bond donors (Lipinski definition) is 1. The van der Waals surface area contributed by atoms with Crippen LogP contribution in [0.25, 0.3) is 0 Å². The SMILES string of the molecule is C=C(C)CCOc1ccc(N)cc1. The van der Waals surface area contributed by atoms with Gasteiger partial charge in [0.15, 0.2) is 0 Å². The smallest absolute Gasteiger partial charge is 0.119 e. The maximum absolute atomic E-state index is 5.53. The van der Waals surface area contributed by atoms with Crippen LogP contribution in [0.3, 0.4) is 0 Å². The Morgan fingerprint density at radius 2 is 2.00 bits per heavy atom. The molecule has 0 unspecified atom stereocenters. The zero-order valence-corrected chi connectivity index (χ0v) is 7.92. The van der Waals surface area contributed by atoms with E-state index in [2.05, 4.69) is 6.58 Å². The summed E-state index contributed by atoms with van der Waals surface area (Å²) in [6.45, 7) is 6.47. The minimum atomic E-state index is 0.680. The van der Waals surface area contributed by atoms with Gasteiger partial charge in [0.25, 0.3) is 0 Å². The van der Waals surface area contributed by atoms with E-state index in [1.807, 2.05) is 31.2 Å². The molecule has 0 saturated carbocycles. The van der Waals surface area contributed by atoms with Crippen LogP contribution in [0.5, 0.6) is 5.75 Å². The van der Waals surface area contributed by atoms with Gasteiger partial charge >= 0.3 is 0 Å². The molecule has 2 nitrogen and oxygen atoms in total. The molecule has 0 atom stereocenters. The van der Waals surface area contributed by atoms with Crippen LogP contribution in [-0.2, 0) is 0 Å². The Morgan fingerprint density at radius 3 is 2.54 bits per heavy atom. The molecule has 1 aromatic carbocycles. The molecule has 0 aliphatic heterocycles. The molecule has 0 saturated heterocycles. The van der Waals surface area contributed by atoms with E-state index in [1.54, 1.807) is 0 Å². The minimum Gasteiger partial charge on any atom is -0.493 e. The van der Waals surface area contributed by atoms with Crippen LogP contribution < -0.4 is 10.5 Å². The first-order chi connectivity index (χ1) is 6.18. The second-order valence-corrected chi connectivity index (χ2v) is 3.12. The number of rotatable bonds is 4. The lowest BCUT2D eigenvalue weighted by Gasteiger charge is -2.05. The van der Waals surface area contributed by atoms with Crippen molar-refractivity contribution in [2.45, 2.75) is 13.3 Å².